The van der Waals surface area contributed by atoms with Crippen molar-refractivity contribution in [2.45, 2.75) is 37.8 Å². The molecule has 1 N–H and O–H groups in total. The summed E-state index contributed by atoms with van der Waals surface area (Å²) in [6, 6.07) is 8.36. The highest BCUT2D eigenvalue weighted by Crippen LogP contribution is 2.24. The van der Waals surface area contributed by atoms with Gasteiger partial charge in [0.2, 0.25) is 15.9 Å². The van der Waals surface area contributed by atoms with Crippen molar-refractivity contribution in [1.29, 1.82) is 0 Å². The molecule has 1 aromatic rings. The number of rotatable bonds is 5. The Morgan fingerprint density at radius 2 is 1.81 bits per heavy atom. The van der Waals surface area contributed by atoms with E-state index in [1.807, 2.05) is 6.07 Å². The molecule has 0 radical (unpaired) electrons. The molecule has 1 saturated carbocycles. The normalized spacial score (nSPS) is 17.9. The predicted molar refractivity (Wildman–Crippen MR) is 82.2 cm³/mol. The van der Waals surface area contributed by atoms with Crippen molar-refractivity contribution in [3.8, 4) is 0 Å². The van der Waals surface area contributed by atoms with Crippen LogP contribution in [0.5, 0.6) is 0 Å². The molecule has 1 fully saturated rings. The molecule has 1 aromatic carbocycles. The van der Waals surface area contributed by atoms with E-state index in [0.29, 0.717) is 5.56 Å². The third-order valence-corrected chi connectivity index (χ3v) is 5.21. The van der Waals surface area contributed by atoms with Crippen LogP contribution in [0.3, 0.4) is 0 Å². The average Bonchev–Trinajstić information content (AvgIpc) is 2.92. The molecule has 2 rings (SSSR count). The van der Waals surface area contributed by atoms with Crippen molar-refractivity contribution in [2.24, 2.45) is 0 Å². The number of carbonyl (C=O) groups is 1. The van der Waals surface area contributed by atoms with E-state index in [-0.39, 0.29) is 11.9 Å². The summed E-state index contributed by atoms with van der Waals surface area (Å²) in [4.78, 5) is 12.6. The molecular weight excluding hydrogens is 288 g/mol. The van der Waals surface area contributed by atoms with E-state index in [4.69, 9.17) is 0 Å². The van der Waals surface area contributed by atoms with Gasteiger partial charge in [0, 0.05) is 13.1 Å². The molecular formula is C15H22N2O3S. The average molecular weight is 310 g/mol. The minimum atomic E-state index is -3.46. The maximum atomic E-state index is 12.6. The molecule has 0 aliphatic heterocycles. The predicted octanol–water partition coefficient (Wildman–Crippen LogP) is 1.68. The van der Waals surface area contributed by atoms with E-state index < -0.39 is 16.1 Å². The van der Waals surface area contributed by atoms with E-state index in [0.717, 1.165) is 36.2 Å². The van der Waals surface area contributed by atoms with Crippen LogP contribution in [0.25, 0.3) is 0 Å². The van der Waals surface area contributed by atoms with Crippen LogP contribution in [-0.2, 0) is 14.8 Å². The van der Waals surface area contributed by atoms with Gasteiger partial charge in [0.1, 0.15) is 6.04 Å². The lowest BCUT2D eigenvalue weighted by atomic mass is 10.1. The van der Waals surface area contributed by atoms with E-state index in [1.165, 1.54) is 7.05 Å². The van der Waals surface area contributed by atoms with Gasteiger partial charge < -0.3 is 5.32 Å². The molecule has 0 bridgehead atoms. The molecule has 1 atom stereocenters. The first-order chi connectivity index (χ1) is 9.89. The Bertz CT molecular complexity index is 580. The van der Waals surface area contributed by atoms with Crippen LogP contribution in [-0.4, -0.2) is 38.0 Å². The summed E-state index contributed by atoms with van der Waals surface area (Å²) in [6.07, 6.45) is 5.28. The minimum Gasteiger partial charge on any atom is -0.352 e. The summed E-state index contributed by atoms with van der Waals surface area (Å²) in [5.41, 5.74) is 0.681. The minimum absolute atomic E-state index is 0.164. The van der Waals surface area contributed by atoms with Crippen LogP contribution in [0, 0.1) is 0 Å². The topological polar surface area (TPSA) is 66.5 Å². The smallest absolute Gasteiger partial charge is 0.243 e. The van der Waals surface area contributed by atoms with Gasteiger partial charge in [-0.3, -0.25) is 4.79 Å². The van der Waals surface area contributed by atoms with Crippen molar-refractivity contribution >= 4 is 15.9 Å². The van der Waals surface area contributed by atoms with Crippen molar-refractivity contribution in [3.63, 3.8) is 0 Å². The van der Waals surface area contributed by atoms with Gasteiger partial charge in [0.05, 0.1) is 6.26 Å². The zero-order chi connectivity index (χ0) is 15.5. The molecule has 0 spiro atoms. The summed E-state index contributed by atoms with van der Waals surface area (Å²) in [6.45, 7) is 0. The van der Waals surface area contributed by atoms with E-state index in [9.17, 15) is 13.2 Å². The second-order valence-corrected chi connectivity index (χ2v) is 7.62. The highest BCUT2D eigenvalue weighted by molar-refractivity contribution is 7.88. The molecule has 0 unspecified atom stereocenters. The van der Waals surface area contributed by atoms with Gasteiger partial charge in [0.15, 0.2) is 0 Å². The Balaban J connectivity index is 2.25. The first-order valence-electron chi connectivity index (χ1n) is 7.18. The first-order valence-corrected chi connectivity index (χ1v) is 9.03. The number of benzene rings is 1. The lowest BCUT2D eigenvalue weighted by molar-refractivity contribution is -0.125. The van der Waals surface area contributed by atoms with Gasteiger partial charge >= 0.3 is 0 Å². The van der Waals surface area contributed by atoms with Gasteiger partial charge in [-0.25, -0.2) is 8.42 Å². The van der Waals surface area contributed by atoms with Crippen molar-refractivity contribution in [1.82, 2.24) is 9.62 Å². The van der Waals surface area contributed by atoms with Crippen molar-refractivity contribution in [2.75, 3.05) is 13.3 Å². The molecule has 1 aliphatic rings. The molecule has 1 amide bonds. The molecule has 21 heavy (non-hydrogen) atoms. The van der Waals surface area contributed by atoms with E-state index in [1.54, 1.807) is 24.3 Å². The Labute approximate surface area is 126 Å². The Morgan fingerprint density at radius 3 is 2.33 bits per heavy atom. The van der Waals surface area contributed by atoms with E-state index in [2.05, 4.69) is 5.32 Å². The number of likely N-dealkylation sites (N-methyl/N-ethyl adjacent to an activating group) is 1. The molecule has 0 aromatic heterocycles. The third kappa shape index (κ3) is 4.04. The highest BCUT2D eigenvalue weighted by Gasteiger charge is 2.32. The number of nitrogens with one attached hydrogen (secondary N) is 1. The van der Waals surface area contributed by atoms with Crippen LogP contribution in [0.4, 0.5) is 0 Å². The highest BCUT2D eigenvalue weighted by atomic mass is 32.2. The fraction of sp³-hybridized carbons (Fsp3) is 0.533. The molecule has 6 heteroatoms. The van der Waals surface area contributed by atoms with Crippen LogP contribution >= 0.6 is 0 Å². The molecule has 116 valence electrons. The number of carbonyl (C=O) groups excluding carboxylic acids is 1. The number of amides is 1. The largest absolute Gasteiger partial charge is 0.352 e. The summed E-state index contributed by atoms with van der Waals surface area (Å²) in [7, 11) is -2.01. The molecule has 1 aliphatic carbocycles. The van der Waals surface area contributed by atoms with E-state index >= 15 is 0 Å². The van der Waals surface area contributed by atoms with Crippen LogP contribution in [0.15, 0.2) is 30.3 Å². The van der Waals surface area contributed by atoms with Crippen molar-refractivity contribution < 1.29 is 13.2 Å². The molecule has 5 nitrogen and oxygen atoms in total. The zero-order valence-electron chi connectivity index (χ0n) is 12.5. The Hall–Kier alpha value is -1.40. The van der Waals surface area contributed by atoms with Crippen molar-refractivity contribution in [3.05, 3.63) is 35.9 Å². The lowest BCUT2D eigenvalue weighted by Crippen LogP contribution is -2.44. The van der Waals surface area contributed by atoms with Crippen LogP contribution < -0.4 is 5.32 Å². The molecule has 0 heterocycles. The maximum Gasteiger partial charge on any atom is 0.243 e. The number of sulfonamides is 1. The summed E-state index contributed by atoms with van der Waals surface area (Å²) in [5, 5.41) is 2.99. The standard InChI is InChI=1S/C15H22N2O3S/c1-17(21(2,19)20)14(12-8-4-3-5-9-12)15(18)16-13-10-6-7-11-13/h3-5,8-9,13-14H,6-7,10-11H2,1-2H3,(H,16,18)/t14-/m1/s1. The Morgan fingerprint density at radius 1 is 1.24 bits per heavy atom. The van der Waals surface area contributed by atoms with Crippen LogP contribution in [0.2, 0.25) is 0 Å². The van der Waals surface area contributed by atoms with Crippen LogP contribution in [0.1, 0.15) is 37.3 Å². The monoisotopic (exact) mass is 310 g/mol. The maximum absolute atomic E-state index is 12.6. The quantitative estimate of drug-likeness (QED) is 0.900. The number of hydrogen-bond donors (Lipinski definition) is 1. The fourth-order valence-corrected chi connectivity index (χ4v) is 3.30. The van der Waals surface area contributed by atoms with Gasteiger partial charge in [0.25, 0.3) is 0 Å². The first kappa shape index (κ1) is 16.0. The Kier molecular flexibility index (Phi) is 5.00. The lowest BCUT2D eigenvalue weighted by Gasteiger charge is -2.27. The van der Waals surface area contributed by atoms with Gasteiger partial charge in [-0.2, -0.15) is 4.31 Å². The van der Waals surface area contributed by atoms with Gasteiger partial charge in [-0.05, 0) is 18.4 Å². The molecule has 0 saturated heterocycles. The number of nitrogens with zero attached hydrogens (tertiary/aromatic N) is 1. The zero-order valence-corrected chi connectivity index (χ0v) is 13.3. The fourth-order valence-electron chi connectivity index (χ4n) is 2.70. The number of hydrogen-bond acceptors (Lipinski definition) is 3. The summed E-state index contributed by atoms with van der Waals surface area (Å²) in [5.74, 6) is -0.249. The van der Waals surface area contributed by atoms with Gasteiger partial charge in [-0.1, -0.05) is 43.2 Å². The second kappa shape index (κ2) is 6.58. The second-order valence-electron chi connectivity index (χ2n) is 5.58. The summed E-state index contributed by atoms with van der Waals surface area (Å²) >= 11 is 0. The van der Waals surface area contributed by atoms with Gasteiger partial charge in [-0.15, -0.1) is 0 Å². The SMILES string of the molecule is CN([C@@H](C(=O)NC1CCCC1)c1ccccc1)S(C)(=O)=O. The third-order valence-electron chi connectivity index (χ3n) is 3.95. The summed E-state index contributed by atoms with van der Waals surface area (Å²) < 4.78 is 24.8.